The van der Waals surface area contributed by atoms with E-state index < -0.39 is 12.0 Å². The number of amides is 1. The standard InChI is InChI=1S/C11H14N4O3/c1-2-3-8(12)10(16)13-4-5-15-6-9(11(17)18)14-7-15/h1,6-8H,3-5,12H2,(H,13,16)(H,17,18). The molecule has 1 rings (SSSR count). The van der Waals surface area contributed by atoms with Crippen molar-refractivity contribution in [3.63, 3.8) is 0 Å². The third-order valence-corrected chi connectivity index (χ3v) is 2.20. The Hall–Kier alpha value is -2.33. The van der Waals surface area contributed by atoms with Gasteiger partial charge in [-0.2, -0.15) is 0 Å². The van der Waals surface area contributed by atoms with Crippen molar-refractivity contribution in [1.82, 2.24) is 14.9 Å². The number of hydrogen-bond donors (Lipinski definition) is 3. The maximum absolute atomic E-state index is 11.4. The molecule has 1 amide bonds. The number of imidazole rings is 1. The van der Waals surface area contributed by atoms with Gasteiger partial charge in [0.25, 0.3) is 0 Å². The Kier molecular flexibility index (Phi) is 4.90. The second kappa shape index (κ2) is 6.42. The highest BCUT2D eigenvalue weighted by Gasteiger charge is 2.11. The molecule has 0 aliphatic heterocycles. The van der Waals surface area contributed by atoms with Crippen molar-refractivity contribution in [1.29, 1.82) is 0 Å². The molecule has 1 atom stereocenters. The molecule has 1 heterocycles. The van der Waals surface area contributed by atoms with Crippen LogP contribution in [0.15, 0.2) is 12.5 Å². The molecule has 7 nitrogen and oxygen atoms in total. The molecule has 0 saturated carbocycles. The van der Waals surface area contributed by atoms with Gasteiger partial charge in [0.1, 0.15) is 0 Å². The van der Waals surface area contributed by atoms with Crippen molar-refractivity contribution >= 4 is 11.9 Å². The molecular formula is C11H14N4O3. The first-order valence-corrected chi connectivity index (χ1v) is 5.26. The summed E-state index contributed by atoms with van der Waals surface area (Å²) in [5.41, 5.74) is 5.46. The van der Waals surface area contributed by atoms with E-state index in [0.717, 1.165) is 0 Å². The zero-order chi connectivity index (χ0) is 13.5. The van der Waals surface area contributed by atoms with Crippen molar-refractivity contribution in [2.75, 3.05) is 6.54 Å². The number of nitrogens with one attached hydrogen (secondary N) is 1. The Morgan fingerprint density at radius 2 is 2.39 bits per heavy atom. The number of nitrogens with zero attached hydrogens (tertiary/aromatic N) is 2. The van der Waals surface area contributed by atoms with Crippen LogP contribution in [0.5, 0.6) is 0 Å². The van der Waals surface area contributed by atoms with Gasteiger partial charge in [-0.05, 0) is 0 Å². The van der Waals surface area contributed by atoms with Crippen LogP contribution in [0, 0.1) is 12.3 Å². The Bertz CT molecular complexity index is 475. The molecule has 0 spiro atoms. The Morgan fingerprint density at radius 1 is 1.67 bits per heavy atom. The minimum atomic E-state index is -1.09. The highest BCUT2D eigenvalue weighted by molar-refractivity contribution is 5.84. The number of nitrogens with two attached hydrogens (primary N) is 1. The molecule has 0 fully saturated rings. The van der Waals surface area contributed by atoms with E-state index in [-0.39, 0.29) is 18.0 Å². The number of carboxylic acids is 1. The Morgan fingerprint density at radius 3 is 2.94 bits per heavy atom. The average molecular weight is 250 g/mol. The number of carbonyl (C=O) groups is 2. The van der Waals surface area contributed by atoms with E-state index in [1.165, 1.54) is 12.5 Å². The second-order valence-corrected chi connectivity index (χ2v) is 3.61. The third kappa shape index (κ3) is 3.92. The topological polar surface area (TPSA) is 110 Å². The van der Waals surface area contributed by atoms with Gasteiger partial charge in [-0.1, -0.05) is 0 Å². The zero-order valence-corrected chi connectivity index (χ0v) is 9.67. The minimum Gasteiger partial charge on any atom is -0.476 e. The van der Waals surface area contributed by atoms with E-state index >= 15 is 0 Å². The predicted molar refractivity (Wildman–Crippen MR) is 63.6 cm³/mol. The highest BCUT2D eigenvalue weighted by atomic mass is 16.4. The SMILES string of the molecule is C#CCC(N)C(=O)NCCn1cnc(C(=O)O)c1. The van der Waals surface area contributed by atoms with Gasteiger partial charge in [-0.15, -0.1) is 12.3 Å². The molecule has 0 aliphatic rings. The number of carbonyl (C=O) groups excluding carboxylic acids is 1. The monoisotopic (exact) mass is 250 g/mol. The van der Waals surface area contributed by atoms with Crippen LogP contribution in [0.4, 0.5) is 0 Å². The lowest BCUT2D eigenvalue weighted by molar-refractivity contribution is -0.122. The van der Waals surface area contributed by atoms with Crippen LogP contribution in [0.1, 0.15) is 16.9 Å². The minimum absolute atomic E-state index is 0.0367. The maximum atomic E-state index is 11.4. The van der Waals surface area contributed by atoms with Crippen LogP contribution in [0.25, 0.3) is 0 Å². The number of terminal acetylenes is 1. The summed E-state index contributed by atoms with van der Waals surface area (Å²) >= 11 is 0. The Labute approximate surface area is 104 Å². The van der Waals surface area contributed by atoms with Crippen LogP contribution in [-0.4, -0.2) is 39.1 Å². The first kappa shape index (κ1) is 13.7. The smallest absolute Gasteiger partial charge is 0.356 e. The van der Waals surface area contributed by atoms with Gasteiger partial charge < -0.3 is 20.7 Å². The fraction of sp³-hybridized carbons (Fsp3) is 0.364. The first-order valence-electron chi connectivity index (χ1n) is 5.26. The molecule has 96 valence electrons. The summed E-state index contributed by atoms with van der Waals surface area (Å²) in [6.07, 6.45) is 7.99. The number of aromatic nitrogens is 2. The lowest BCUT2D eigenvalue weighted by atomic mass is 10.2. The summed E-state index contributed by atoms with van der Waals surface area (Å²) in [4.78, 5) is 25.6. The summed E-state index contributed by atoms with van der Waals surface area (Å²) < 4.78 is 1.57. The summed E-state index contributed by atoms with van der Waals surface area (Å²) in [5, 5.41) is 11.3. The van der Waals surface area contributed by atoms with E-state index in [1.54, 1.807) is 4.57 Å². The van der Waals surface area contributed by atoms with E-state index in [1.807, 2.05) is 0 Å². The van der Waals surface area contributed by atoms with Crippen molar-refractivity contribution < 1.29 is 14.7 Å². The lowest BCUT2D eigenvalue weighted by Gasteiger charge is -2.09. The average Bonchev–Trinajstić information content (AvgIpc) is 2.78. The molecule has 0 saturated heterocycles. The number of hydrogen-bond acceptors (Lipinski definition) is 4. The maximum Gasteiger partial charge on any atom is 0.356 e. The van der Waals surface area contributed by atoms with Crippen molar-refractivity contribution in [3.8, 4) is 12.3 Å². The van der Waals surface area contributed by atoms with Crippen molar-refractivity contribution in [2.24, 2.45) is 5.73 Å². The van der Waals surface area contributed by atoms with Gasteiger partial charge in [-0.25, -0.2) is 9.78 Å². The van der Waals surface area contributed by atoms with Crippen LogP contribution in [0.2, 0.25) is 0 Å². The van der Waals surface area contributed by atoms with Gasteiger partial charge >= 0.3 is 5.97 Å². The van der Waals surface area contributed by atoms with E-state index in [9.17, 15) is 9.59 Å². The molecule has 1 unspecified atom stereocenters. The van der Waals surface area contributed by atoms with E-state index in [4.69, 9.17) is 17.3 Å². The molecule has 0 aromatic carbocycles. The first-order chi connectivity index (χ1) is 8.54. The second-order valence-electron chi connectivity index (χ2n) is 3.61. The van der Waals surface area contributed by atoms with Crippen molar-refractivity contribution in [3.05, 3.63) is 18.2 Å². The van der Waals surface area contributed by atoms with E-state index in [0.29, 0.717) is 13.1 Å². The van der Waals surface area contributed by atoms with Crippen LogP contribution in [-0.2, 0) is 11.3 Å². The molecule has 4 N–H and O–H groups in total. The fourth-order valence-electron chi connectivity index (χ4n) is 1.25. The molecule has 7 heteroatoms. The van der Waals surface area contributed by atoms with Crippen molar-refractivity contribution in [2.45, 2.75) is 19.0 Å². The quantitative estimate of drug-likeness (QED) is 0.564. The normalized spacial score (nSPS) is 11.6. The molecule has 1 aromatic rings. The highest BCUT2D eigenvalue weighted by Crippen LogP contribution is 1.95. The third-order valence-electron chi connectivity index (χ3n) is 2.20. The zero-order valence-electron chi connectivity index (χ0n) is 9.67. The largest absolute Gasteiger partial charge is 0.476 e. The molecule has 0 radical (unpaired) electrons. The summed E-state index contributed by atoms with van der Waals surface area (Å²) in [6.45, 7) is 0.737. The van der Waals surface area contributed by atoms with Gasteiger partial charge in [0.05, 0.1) is 12.4 Å². The van der Waals surface area contributed by atoms with Gasteiger partial charge in [-0.3, -0.25) is 4.79 Å². The predicted octanol–water partition coefficient (Wildman–Crippen LogP) is -0.952. The fourth-order valence-corrected chi connectivity index (χ4v) is 1.25. The molecular weight excluding hydrogens is 236 g/mol. The molecule has 18 heavy (non-hydrogen) atoms. The van der Waals surface area contributed by atoms with Gasteiger partial charge in [0.2, 0.25) is 5.91 Å². The number of aromatic carboxylic acids is 1. The summed E-state index contributed by atoms with van der Waals surface area (Å²) in [7, 11) is 0. The van der Waals surface area contributed by atoms with Gasteiger partial charge in [0.15, 0.2) is 5.69 Å². The summed E-state index contributed by atoms with van der Waals surface area (Å²) in [5.74, 6) is 0.890. The van der Waals surface area contributed by atoms with Crippen LogP contribution >= 0.6 is 0 Å². The lowest BCUT2D eigenvalue weighted by Crippen LogP contribution is -2.41. The summed E-state index contributed by atoms with van der Waals surface area (Å²) in [6, 6.07) is -0.715. The molecule has 0 aliphatic carbocycles. The number of carboxylic acid groups (broad SMARTS) is 1. The molecule has 0 bridgehead atoms. The number of rotatable bonds is 6. The Balaban J connectivity index is 2.35. The van der Waals surface area contributed by atoms with E-state index in [2.05, 4.69) is 16.2 Å². The van der Waals surface area contributed by atoms with Crippen LogP contribution in [0.3, 0.4) is 0 Å². The van der Waals surface area contributed by atoms with Gasteiger partial charge in [0, 0.05) is 25.7 Å². The van der Waals surface area contributed by atoms with Crippen LogP contribution < -0.4 is 11.1 Å². The molecule has 1 aromatic heterocycles.